The molecule has 9 aliphatic rings. The Bertz CT molecular complexity index is 8850. The van der Waals surface area contributed by atoms with Gasteiger partial charge in [-0.3, -0.25) is 14.4 Å². The van der Waals surface area contributed by atoms with Crippen molar-refractivity contribution in [2.24, 2.45) is 0 Å². The lowest BCUT2D eigenvalue weighted by molar-refractivity contribution is 0.102. The maximum Gasteiger partial charge on any atom is 0.193 e. The Labute approximate surface area is 828 Å². The molecule has 0 bridgehead atoms. The summed E-state index contributed by atoms with van der Waals surface area (Å²) in [5.41, 5.74) is 39.4. The van der Waals surface area contributed by atoms with Crippen molar-refractivity contribution in [3.05, 3.63) is 591 Å². The van der Waals surface area contributed by atoms with E-state index in [1.54, 1.807) is 0 Å². The van der Waals surface area contributed by atoms with Crippen LogP contribution in [0, 0.1) is 13.8 Å². The zero-order chi connectivity index (χ0) is 95.1. The van der Waals surface area contributed by atoms with Gasteiger partial charge in [0.1, 0.15) is 0 Å². The third-order valence-electron chi connectivity index (χ3n) is 30.9. The smallest absolute Gasteiger partial charge is 0.193 e. The Balaban J connectivity index is 0.000000105. The highest BCUT2D eigenvalue weighted by atomic mass is 16.5. The van der Waals surface area contributed by atoms with Crippen LogP contribution in [-0.2, 0) is 16.2 Å². The molecule has 30 rings (SSSR count). The molecule has 0 fully saturated rings. The summed E-state index contributed by atoms with van der Waals surface area (Å²) in [7, 11) is 0. The largest absolute Gasteiger partial charge is 0.453 e. The molecule has 9 nitrogen and oxygen atoms in total. The van der Waals surface area contributed by atoms with Gasteiger partial charge in [0.15, 0.2) is 51.8 Å². The Morgan fingerprint density at radius 2 is 0.462 bits per heavy atom. The van der Waals surface area contributed by atoms with Gasteiger partial charge in [-0.05, 0) is 179 Å². The first-order valence-corrected chi connectivity index (χ1v) is 48.8. The van der Waals surface area contributed by atoms with E-state index in [1.807, 2.05) is 91.0 Å². The molecule has 3 spiro atoms. The number of nitrogens with zero attached hydrogens (tertiary/aromatic N) is 3. The van der Waals surface area contributed by atoms with Crippen molar-refractivity contribution in [1.29, 1.82) is 0 Å². The number of carbonyl (C=O) groups is 3. The first-order valence-electron chi connectivity index (χ1n) is 48.8. The summed E-state index contributed by atoms with van der Waals surface area (Å²) >= 11 is 0. The van der Waals surface area contributed by atoms with Crippen molar-refractivity contribution in [1.82, 2.24) is 0 Å². The number of benzene rings is 21. The van der Waals surface area contributed by atoms with Gasteiger partial charge in [-0.25, -0.2) is 0 Å². The van der Waals surface area contributed by atoms with Crippen molar-refractivity contribution in [2.45, 2.75) is 30.1 Å². The molecule has 0 atom stereocenters. The first kappa shape index (κ1) is 82.7. The molecule has 0 saturated heterocycles. The molecule has 9 heteroatoms. The second kappa shape index (κ2) is 32.0. The minimum atomic E-state index is -0.789. The quantitative estimate of drug-likeness (QED) is 0.161. The molecule has 0 N–H and O–H groups in total. The Morgan fingerprint density at radius 3 is 0.888 bits per heavy atom. The summed E-state index contributed by atoms with van der Waals surface area (Å²) in [6, 6.07) is 167. The van der Waals surface area contributed by atoms with Crippen molar-refractivity contribution in [3.8, 4) is 101 Å². The molecule has 21 aromatic rings. The molecular formula is C134H85N3O6. The van der Waals surface area contributed by atoms with Crippen LogP contribution in [0.2, 0.25) is 0 Å². The molecule has 143 heavy (non-hydrogen) atoms. The van der Waals surface area contributed by atoms with E-state index in [0.717, 1.165) is 253 Å². The number of hydrogen-bond donors (Lipinski definition) is 0. The highest BCUT2D eigenvalue weighted by Gasteiger charge is 2.59. The highest BCUT2D eigenvalue weighted by Crippen LogP contribution is 2.72. The molecule has 21 aromatic carbocycles. The van der Waals surface area contributed by atoms with Gasteiger partial charge in [-0.2, -0.15) is 0 Å². The number of anilines is 9. The van der Waals surface area contributed by atoms with Crippen LogP contribution in [0.3, 0.4) is 0 Å². The van der Waals surface area contributed by atoms with Crippen LogP contribution in [0.4, 0.5) is 51.2 Å². The lowest BCUT2D eigenvalue weighted by Crippen LogP contribution is -2.43. The highest BCUT2D eigenvalue weighted by molar-refractivity contribution is 6.19. The van der Waals surface area contributed by atoms with Gasteiger partial charge in [0, 0.05) is 61.2 Å². The second-order valence-electron chi connectivity index (χ2n) is 38.0. The van der Waals surface area contributed by atoms with E-state index in [1.165, 1.54) is 11.1 Å². The summed E-state index contributed by atoms with van der Waals surface area (Å²) in [6.45, 7) is 4.31. The maximum atomic E-state index is 14.2. The molecule has 6 heterocycles. The number of rotatable bonds is 6. The SMILES string of the molecule is Cc1ccccc1-c1cccc2c1Oc1c(-c3ccccc3C)ccc3c1N2c1ccccc1C31c2ccccc2C(=O)c2ccccc21.O=C1c2ccccc2C2(c3ccccc31)c1ccccc1N1c3cc(-c4ccccc4)ccc3Oc3ccc(-c4ccccc4)c2c31.O=C1c2ccccc2C2(c3ccccc31)c1ccccc1N1c3cccc(-c4ccccc4)c3Oc3c(-c4ccccc4)ccc2c31. The van der Waals surface area contributed by atoms with Gasteiger partial charge in [0.25, 0.3) is 0 Å². The summed E-state index contributed by atoms with van der Waals surface area (Å²) in [5, 5.41) is 0. The lowest BCUT2D eigenvalue weighted by Gasteiger charge is -2.51. The van der Waals surface area contributed by atoms with Gasteiger partial charge in [0.2, 0.25) is 0 Å². The van der Waals surface area contributed by atoms with E-state index in [-0.39, 0.29) is 17.3 Å². The molecule has 0 unspecified atom stereocenters. The van der Waals surface area contributed by atoms with Crippen LogP contribution >= 0.6 is 0 Å². The van der Waals surface area contributed by atoms with Gasteiger partial charge >= 0.3 is 0 Å². The fourth-order valence-corrected chi connectivity index (χ4v) is 25.0. The fraction of sp³-hybridized carbons (Fsp3) is 0.0373. The van der Waals surface area contributed by atoms with Crippen LogP contribution in [0.1, 0.15) is 126 Å². The van der Waals surface area contributed by atoms with E-state index in [4.69, 9.17) is 14.2 Å². The Hall–Kier alpha value is -18.6. The van der Waals surface area contributed by atoms with Crippen molar-refractivity contribution in [2.75, 3.05) is 14.7 Å². The fourth-order valence-electron chi connectivity index (χ4n) is 25.0. The van der Waals surface area contributed by atoms with Gasteiger partial charge in [-0.1, -0.05) is 431 Å². The third-order valence-corrected chi connectivity index (χ3v) is 30.9. The minimum absolute atomic E-state index is 0.0573. The van der Waals surface area contributed by atoms with E-state index >= 15 is 0 Å². The van der Waals surface area contributed by atoms with Crippen LogP contribution in [0.25, 0.3) is 66.8 Å². The normalized spacial score (nSPS) is 14.3. The topological polar surface area (TPSA) is 88.6 Å². The summed E-state index contributed by atoms with van der Waals surface area (Å²) in [4.78, 5) is 49.7. The molecule has 0 aromatic heterocycles. The third kappa shape index (κ3) is 11.7. The maximum absolute atomic E-state index is 14.2. The van der Waals surface area contributed by atoms with Crippen LogP contribution < -0.4 is 28.9 Å². The van der Waals surface area contributed by atoms with Gasteiger partial charge < -0.3 is 28.9 Å². The number of fused-ring (bicyclic) bond motifs is 30. The monoisotopic (exact) mass is 1830 g/mol. The number of ketones is 3. The molecular weight excluding hydrogens is 1750 g/mol. The number of ether oxygens (including phenoxy) is 3. The van der Waals surface area contributed by atoms with E-state index in [9.17, 15) is 14.4 Å². The zero-order valence-electron chi connectivity index (χ0n) is 77.9. The zero-order valence-corrected chi connectivity index (χ0v) is 77.9. The molecule has 0 saturated carbocycles. The van der Waals surface area contributed by atoms with Gasteiger partial charge in [-0.15, -0.1) is 0 Å². The minimum Gasteiger partial charge on any atom is -0.453 e. The molecule has 3 aliphatic carbocycles. The predicted octanol–water partition coefficient (Wildman–Crippen LogP) is 33.1. The second-order valence-corrected chi connectivity index (χ2v) is 38.0. The summed E-state index contributed by atoms with van der Waals surface area (Å²) in [6.07, 6.45) is 0. The Morgan fingerprint density at radius 1 is 0.175 bits per heavy atom. The molecule has 0 amide bonds. The summed E-state index contributed by atoms with van der Waals surface area (Å²) in [5.74, 6) is 5.07. The first-order chi connectivity index (χ1) is 70.6. The number of carbonyl (C=O) groups excluding carboxylic acids is 3. The van der Waals surface area contributed by atoms with Crippen LogP contribution in [-0.4, -0.2) is 17.3 Å². The van der Waals surface area contributed by atoms with E-state index < -0.39 is 16.2 Å². The van der Waals surface area contributed by atoms with Crippen LogP contribution in [0.15, 0.2) is 479 Å². The predicted molar refractivity (Wildman–Crippen MR) is 572 cm³/mol. The van der Waals surface area contributed by atoms with Crippen molar-refractivity contribution in [3.63, 3.8) is 0 Å². The van der Waals surface area contributed by atoms with Gasteiger partial charge in [0.05, 0.1) is 67.4 Å². The van der Waals surface area contributed by atoms with E-state index in [0.29, 0.717) is 0 Å². The van der Waals surface area contributed by atoms with E-state index in [2.05, 4.69) is 417 Å². The number of para-hydroxylation sites is 5. The number of hydrogen-bond acceptors (Lipinski definition) is 9. The molecule has 6 aliphatic heterocycles. The summed E-state index contributed by atoms with van der Waals surface area (Å²) < 4.78 is 21.4. The number of aryl methyl sites for hydroxylation is 2. The Kier molecular flexibility index (Phi) is 18.5. The molecule has 0 radical (unpaired) electrons. The van der Waals surface area contributed by atoms with Crippen LogP contribution in [0.5, 0.6) is 34.5 Å². The lowest BCUT2D eigenvalue weighted by atomic mass is 9.56. The molecule has 672 valence electrons. The van der Waals surface area contributed by atoms with Crippen molar-refractivity contribution < 1.29 is 28.6 Å². The average molecular weight is 1830 g/mol. The standard InChI is InChI=1S/C46H31NO2.2C44H27NO2/c1-28-14-3-5-16-30(28)32-20-13-25-41-44(32)49-45-33(31-17-6-4-15-29(31)2)26-27-39-42(45)47(41)40-24-12-11-23-38(40)46(39)36-21-9-7-18-34(36)43(48)35-19-8-10-22-37(35)46;46-41-32-18-7-9-21-34(32)44(35-22-10-8-19-33(35)41)36-23-11-12-24-38(36)45-39-25-13-20-30(28-14-3-1-4-15-28)42(39)47-43-31(26-27-37(44)40(43)45)29-16-5-2-6-17-29;46-43-32-17-7-9-19-34(32)44(35-20-10-8-18-33(35)43)36-21-11-12-22-37(36)45-38-27-30(28-13-3-1-4-14-28)23-25-39(38)47-40-26-24-31(41(44)42(40)45)29-15-5-2-6-16-29/h3-27H,1-2H3;2*1-27H. The average Bonchev–Trinajstić information content (AvgIpc) is 0.685. The van der Waals surface area contributed by atoms with Crippen molar-refractivity contribution >= 4 is 68.5 Å².